The van der Waals surface area contributed by atoms with E-state index < -0.39 is 108 Å². The van der Waals surface area contributed by atoms with Crippen LogP contribution in [-0.4, -0.2) is 246 Å². The number of aryl methyl sites for hydroxylation is 1. The quantitative estimate of drug-likeness (QED) is 0.0556. The molecule has 0 spiro atoms. The number of amides is 3. The number of alkyl carbamates (subject to hydrolysis) is 1. The summed E-state index contributed by atoms with van der Waals surface area (Å²) in [7, 11) is 4.69. The Labute approximate surface area is 597 Å². The summed E-state index contributed by atoms with van der Waals surface area (Å²) < 4.78 is 42.7. The highest BCUT2D eigenvalue weighted by atomic mass is 16.6. The van der Waals surface area contributed by atoms with Gasteiger partial charge in [-0.3, -0.25) is 24.1 Å². The number of hydrogen-bond donors (Lipinski definition) is 4. The Morgan fingerprint density at radius 3 is 2.06 bits per heavy atom. The van der Waals surface area contributed by atoms with Crippen molar-refractivity contribution in [1.82, 2.24) is 40.0 Å². The molecule has 0 aromatic carbocycles. The third kappa shape index (κ3) is 22.4. The number of nitrogens with zero attached hydrogens (tertiary/aromatic N) is 9. The van der Waals surface area contributed by atoms with E-state index in [1.165, 1.54) is 12.0 Å². The minimum absolute atomic E-state index is 0.0275. The lowest BCUT2D eigenvalue weighted by atomic mass is 9.78. The largest absolute Gasteiger partial charge is 0.460 e. The average molecular weight is 1410 g/mol. The maximum absolute atomic E-state index is 14.9. The molecule has 560 valence electrons. The van der Waals surface area contributed by atoms with Crippen LogP contribution in [0.2, 0.25) is 0 Å². The third-order valence-corrected chi connectivity index (χ3v) is 21.4. The Morgan fingerprint density at radius 2 is 1.39 bits per heavy atom. The molecular weight excluding hydrogens is 1300 g/mol. The zero-order valence-electron chi connectivity index (χ0n) is 61.5. The zero-order chi connectivity index (χ0) is 72.9. The zero-order valence-corrected chi connectivity index (χ0v) is 61.5. The maximum Gasteiger partial charge on any atom is 0.407 e. The van der Waals surface area contributed by atoms with E-state index in [0.29, 0.717) is 127 Å². The van der Waals surface area contributed by atoms with Gasteiger partial charge in [-0.2, -0.15) is 0 Å². The van der Waals surface area contributed by atoms with Crippen molar-refractivity contribution >= 4 is 47.3 Å². The summed E-state index contributed by atoms with van der Waals surface area (Å²) in [6.45, 7) is 22.5. The van der Waals surface area contributed by atoms with Gasteiger partial charge >= 0.3 is 12.1 Å². The van der Waals surface area contributed by atoms with E-state index in [4.69, 9.17) is 33.2 Å². The first-order valence-electron chi connectivity index (χ1n) is 36.7. The number of methoxy groups -OCH3 is 3. The van der Waals surface area contributed by atoms with Gasteiger partial charge in [0.15, 0.2) is 5.78 Å². The average Bonchev–Trinajstić information content (AvgIpc) is 0.773. The molecular formula is C75H114N10O16. The number of anilines is 2. The van der Waals surface area contributed by atoms with Crippen molar-refractivity contribution < 1.29 is 77.2 Å². The molecule has 1 aliphatic carbocycles. The second kappa shape index (κ2) is 38.8. The number of fused-ring (bicyclic) bond motifs is 3. The van der Waals surface area contributed by atoms with Crippen molar-refractivity contribution in [2.45, 2.75) is 206 Å². The van der Waals surface area contributed by atoms with E-state index in [9.17, 15) is 44.1 Å². The van der Waals surface area contributed by atoms with E-state index in [1.54, 1.807) is 53.5 Å². The van der Waals surface area contributed by atoms with Crippen molar-refractivity contribution in [2.24, 2.45) is 35.5 Å². The van der Waals surface area contributed by atoms with Crippen LogP contribution in [0.4, 0.5) is 16.7 Å². The second-order valence-corrected chi connectivity index (χ2v) is 29.0. The molecule has 4 saturated heterocycles. The van der Waals surface area contributed by atoms with Crippen LogP contribution in [0, 0.1) is 42.4 Å². The Bertz CT molecular complexity index is 3140. The smallest absolute Gasteiger partial charge is 0.407 e. The first-order valence-corrected chi connectivity index (χ1v) is 36.7. The normalized spacial score (nSPS) is 32.9. The summed E-state index contributed by atoms with van der Waals surface area (Å²) in [4.78, 5) is 112. The SMILES string of the molecule is CO[C@H]1C[C@@H]2CC[C@@H](C)[C@@](O)(O2)C(=O)C(=O)N2CCCC[C@H]2C(=O)O[C@H]([C@H](C)C[C@@H]2CC[C@@H](OC(=O)NCc3cnc(N4CCN(C(=O)CCOCCN5CCN(c6ncc(C)cn6)CC5)CC4)nc3)[C@H](OC)C2)C[C@@H](OC)[C@H](C)/C=C(\C)[C@@H](O)[C@@H](O)C(=O)[C@H](C)C[C@H](C)/C=C/C=C/C=C/1C. The number of allylic oxidation sites excluding steroid dienone is 5. The Hall–Kier alpha value is -6.62. The van der Waals surface area contributed by atoms with Crippen LogP contribution >= 0.6 is 0 Å². The van der Waals surface area contributed by atoms with Crippen LogP contribution < -0.4 is 15.1 Å². The minimum atomic E-state index is -2.46. The number of carbonyl (C=O) groups is 6. The molecule has 5 aliphatic heterocycles. The number of cyclic esters (lactones) is 1. The van der Waals surface area contributed by atoms with Gasteiger partial charge in [0, 0.05) is 154 Å². The number of piperazine rings is 2. The number of aliphatic hydroxyl groups is 3. The van der Waals surface area contributed by atoms with Crippen LogP contribution in [0.15, 0.2) is 72.4 Å². The number of rotatable bonds is 17. The minimum Gasteiger partial charge on any atom is -0.460 e. The van der Waals surface area contributed by atoms with E-state index >= 15 is 0 Å². The number of esters is 1. The molecule has 4 N–H and O–H groups in total. The van der Waals surface area contributed by atoms with Crippen molar-refractivity contribution in [3.63, 3.8) is 0 Å². The molecule has 2 aromatic heterocycles. The van der Waals surface area contributed by atoms with Crippen LogP contribution in [-0.2, 0) is 63.7 Å². The molecule has 3 amide bonds. The number of nitrogens with one attached hydrogen (secondary N) is 1. The fraction of sp³-hybridized carbons (Fsp3) is 0.707. The van der Waals surface area contributed by atoms with Crippen LogP contribution in [0.1, 0.15) is 143 Å². The highest BCUT2D eigenvalue weighted by Gasteiger charge is 2.53. The van der Waals surface area contributed by atoms with Gasteiger partial charge in [-0.05, 0) is 119 Å². The third-order valence-electron chi connectivity index (χ3n) is 21.4. The molecule has 5 fully saturated rings. The number of ether oxygens (including phenoxy) is 7. The molecule has 6 aliphatic rings. The van der Waals surface area contributed by atoms with Crippen LogP contribution in [0.3, 0.4) is 0 Å². The molecule has 26 nitrogen and oxygen atoms in total. The van der Waals surface area contributed by atoms with Gasteiger partial charge in [0.1, 0.15) is 30.5 Å². The maximum atomic E-state index is 14.9. The fourth-order valence-corrected chi connectivity index (χ4v) is 14.9. The monoisotopic (exact) mass is 1410 g/mol. The lowest BCUT2D eigenvalue weighted by Crippen LogP contribution is -2.61. The van der Waals surface area contributed by atoms with E-state index in [2.05, 4.69) is 35.1 Å². The van der Waals surface area contributed by atoms with Gasteiger partial charge in [-0.1, -0.05) is 71.1 Å². The number of aliphatic hydroxyl groups excluding tert-OH is 2. The molecule has 2 bridgehead atoms. The van der Waals surface area contributed by atoms with Gasteiger partial charge in [0.25, 0.3) is 11.7 Å². The molecule has 0 unspecified atom stereocenters. The first kappa shape index (κ1) is 80.1. The lowest BCUT2D eigenvalue weighted by molar-refractivity contribution is -0.265. The van der Waals surface area contributed by atoms with Crippen molar-refractivity contribution in [3.05, 3.63) is 83.5 Å². The molecule has 26 heteroatoms. The first-order chi connectivity index (χ1) is 48.4. The highest BCUT2D eigenvalue weighted by molar-refractivity contribution is 6.39. The predicted molar refractivity (Wildman–Crippen MR) is 379 cm³/mol. The van der Waals surface area contributed by atoms with Crippen molar-refractivity contribution in [3.8, 4) is 0 Å². The summed E-state index contributed by atoms with van der Waals surface area (Å²) in [6.07, 6.45) is 16.5. The molecule has 101 heavy (non-hydrogen) atoms. The van der Waals surface area contributed by atoms with E-state index in [0.717, 1.165) is 49.8 Å². The van der Waals surface area contributed by atoms with Gasteiger partial charge < -0.3 is 73.4 Å². The molecule has 8 rings (SSSR count). The fourth-order valence-electron chi connectivity index (χ4n) is 14.9. The Balaban J connectivity index is 0.853. The molecule has 16 atom stereocenters. The number of hydrogen-bond acceptors (Lipinski definition) is 23. The van der Waals surface area contributed by atoms with Crippen LogP contribution in [0.25, 0.3) is 0 Å². The summed E-state index contributed by atoms with van der Waals surface area (Å²) in [5, 5.41) is 37.8. The number of Topliss-reactive ketones (excluding diaryl/α,β-unsaturated/α-hetero) is 2. The number of carbonyl (C=O) groups excluding carboxylic acids is 6. The van der Waals surface area contributed by atoms with Gasteiger partial charge in [-0.25, -0.2) is 29.5 Å². The summed E-state index contributed by atoms with van der Waals surface area (Å²) >= 11 is 0. The Morgan fingerprint density at radius 1 is 0.713 bits per heavy atom. The van der Waals surface area contributed by atoms with Crippen LogP contribution in [0.5, 0.6) is 0 Å². The molecule has 1 saturated carbocycles. The Kier molecular flexibility index (Phi) is 30.7. The number of piperidine rings is 1. The topological polar surface area (TPSA) is 308 Å². The number of ketones is 2. The molecule has 0 radical (unpaired) electrons. The highest BCUT2D eigenvalue weighted by Crippen LogP contribution is 2.39. The number of aromatic nitrogens is 4. The summed E-state index contributed by atoms with van der Waals surface area (Å²) in [5.41, 5.74) is 2.93. The summed E-state index contributed by atoms with van der Waals surface area (Å²) in [6, 6.07) is -1.15. The van der Waals surface area contributed by atoms with Gasteiger partial charge in [-0.15, -0.1) is 0 Å². The lowest BCUT2D eigenvalue weighted by Gasteiger charge is -2.43. The van der Waals surface area contributed by atoms with E-state index in [1.807, 2.05) is 87.2 Å². The predicted octanol–water partition coefficient (Wildman–Crippen LogP) is 6.67. The van der Waals surface area contributed by atoms with Crippen molar-refractivity contribution in [1.29, 1.82) is 0 Å². The molecule has 7 heterocycles. The van der Waals surface area contributed by atoms with Gasteiger partial charge in [0.05, 0.1) is 44.1 Å². The van der Waals surface area contributed by atoms with E-state index in [-0.39, 0.29) is 49.6 Å². The summed E-state index contributed by atoms with van der Waals surface area (Å²) in [5.74, 6) is -6.55. The standard InChI is InChI=1S/C75H114N10O16/c1-48-17-13-12-14-18-50(3)61(95-9)41-58-22-20-55(8)75(94,101-58)69(90)70(91)85-25-16-15-19-59(85)71(92)99-63(42-62(96-10)51(4)38-54(7)67(88)68(89)66(87)53(6)37-48)52(5)39-56-21-23-60(64(40-56)97-11)100-74(93)80-47-57-45-78-73(79-46-57)84-32-30-82(31-33-84)65(86)24-35-98-36-34-81-26-28-83(29-27-81)72-76-43-49(2)44-77-72/h12-14,17-18,38,43-46,48,51-53,55-56,58-64,67-68,88-89,94H,15-16,19-37,39-42,47H2,1-11H3,(H,80,93)/b14-12+,17-13+,50-18+,54-38+/t48-,51-,52-,53-,55-,56+,58+,59+,60-,61+,62-,63+,64-,67-,68+,75-/m1/s1. The second-order valence-electron chi connectivity index (χ2n) is 29.0. The van der Waals surface area contributed by atoms with Gasteiger partial charge in [0.2, 0.25) is 23.6 Å². The molecule has 2 aromatic rings. The van der Waals surface area contributed by atoms with Crippen molar-refractivity contribution in [2.75, 3.05) is 110 Å².